The van der Waals surface area contributed by atoms with Crippen molar-refractivity contribution in [1.82, 2.24) is 24.4 Å². The van der Waals surface area contributed by atoms with Gasteiger partial charge in [-0.05, 0) is 6.07 Å². The van der Waals surface area contributed by atoms with Crippen LogP contribution in [0.2, 0.25) is 0 Å². The van der Waals surface area contributed by atoms with E-state index in [2.05, 4.69) is 24.4 Å². The number of aromatic nitrogens is 4. The molecule has 1 fully saturated rings. The van der Waals surface area contributed by atoms with Gasteiger partial charge in [0.05, 0.1) is 11.8 Å². The van der Waals surface area contributed by atoms with Gasteiger partial charge in [0.15, 0.2) is 0 Å². The Morgan fingerprint density at radius 3 is 2.81 bits per heavy atom. The number of hydrogen-bond acceptors (Lipinski definition) is 9. The van der Waals surface area contributed by atoms with E-state index in [-0.39, 0.29) is 5.91 Å². The highest BCUT2D eigenvalue weighted by atomic mass is 32.1. The third kappa shape index (κ3) is 4.00. The van der Waals surface area contributed by atoms with Crippen LogP contribution in [0.1, 0.15) is 25.1 Å². The van der Waals surface area contributed by atoms with E-state index in [1.165, 1.54) is 11.5 Å². The number of carbonyl (C=O) groups excluding carboxylic acids is 1. The number of nitrogens with zero attached hydrogens (tertiary/aromatic N) is 6. The van der Waals surface area contributed by atoms with Crippen molar-refractivity contribution in [1.29, 1.82) is 0 Å². The molecule has 1 amide bonds. The van der Waals surface area contributed by atoms with Crippen LogP contribution in [0.5, 0.6) is 0 Å². The number of amides is 1. The molecule has 0 bridgehead atoms. The molecule has 4 rings (SSSR count). The van der Waals surface area contributed by atoms with Gasteiger partial charge in [0.25, 0.3) is 0 Å². The first-order chi connectivity index (χ1) is 13.2. The number of piperazine rings is 1. The Kier molecular flexibility index (Phi) is 5.14. The molecule has 142 valence electrons. The molecule has 9 nitrogen and oxygen atoms in total. The van der Waals surface area contributed by atoms with Gasteiger partial charge in [0.2, 0.25) is 22.8 Å². The monoisotopic (exact) mass is 388 g/mol. The highest BCUT2D eigenvalue weighted by Gasteiger charge is 2.23. The molecule has 0 saturated carbocycles. The Morgan fingerprint density at radius 1 is 1.26 bits per heavy atom. The first kappa shape index (κ1) is 17.7. The molecule has 0 atom stereocenters. The maximum atomic E-state index is 12.5. The number of carbonyl (C=O) groups is 1. The van der Waals surface area contributed by atoms with Crippen LogP contribution in [0.15, 0.2) is 27.5 Å². The summed E-state index contributed by atoms with van der Waals surface area (Å²) in [6.07, 6.45) is 4.74. The van der Waals surface area contributed by atoms with Crippen molar-refractivity contribution in [2.45, 2.75) is 26.2 Å². The summed E-state index contributed by atoms with van der Waals surface area (Å²) >= 11 is 1.43. The van der Waals surface area contributed by atoms with Crippen LogP contribution >= 0.6 is 11.5 Å². The summed E-state index contributed by atoms with van der Waals surface area (Å²) in [7, 11) is 0. The summed E-state index contributed by atoms with van der Waals surface area (Å²) in [6, 6.07) is 1.76. The number of anilines is 1. The summed E-state index contributed by atoms with van der Waals surface area (Å²) in [5, 5.41) is 4.85. The molecule has 0 aliphatic carbocycles. The molecule has 0 unspecified atom stereocenters. The normalized spacial score (nSPS) is 14.7. The Morgan fingerprint density at radius 2 is 2.11 bits per heavy atom. The van der Waals surface area contributed by atoms with Gasteiger partial charge in [-0.3, -0.25) is 4.79 Å². The molecule has 0 spiro atoms. The van der Waals surface area contributed by atoms with E-state index in [9.17, 15) is 4.79 Å². The molecular formula is C17H20N6O3S. The Hall–Kier alpha value is -2.75. The second-order valence-corrected chi connectivity index (χ2v) is 6.97. The van der Waals surface area contributed by atoms with Crippen LogP contribution in [0.3, 0.4) is 0 Å². The van der Waals surface area contributed by atoms with E-state index in [0.29, 0.717) is 37.6 Å². The number of hydrogen-bond donors (Lipinski definition) is 0. The van der Waals surface area contributed by atoms with Crippen molar-refractivity contribution in [3.63, 3.8) is 0 Å². The van der Waals surface area contributed by atoms with Gasteiger partial charge in [0, 0.05) is 57.0 Å². The van der Waals surface area contributed by atoms with E-state index >= 15 is 0 Å². The van der Waals surface area contributed by atoms with Gasteiger partial charge in [-0.1, -0.05) is 12.1 Å². The lowest BCUT2D eigenvalue weighted by Crippen LogP contribution is -2.48. The number of aryl methyl sites for hydroxylation is 2. The molecule has 1 aliphatic rings. The van der Waals surface area contributed by atoms with Crippen molar-refractivity contribution in [3.05, 3.63) is 30.3 Å². The van der Waals surface area contributed by atoms with Crippen molar-refractivity contribution < 1.29 is 13.7 Å². The van der Waals surface area contributed by atoms with E-state index in [1.807, 2.05) is 11.8 Å². The zero-order valence-corrected chi connectivity index (χ0v) is 15.8. The minimum absolute atomic E-state index is 0.101. The molecular weight excluding hydrogens is 368 g/mol. The summed E-state index contributed by atoms with van der Waals surface area (Å²) in [5.74, 6) is 1.91. The molecule has 3 aromatic rings. The summed E-state index contributed by atoms with van der Waals surface area (Å²) < 4.78 is 14.6. The lowest BCUT2D eigenvalue weighted by atomic mass is 10.2. The first-order valence-corrected chi connectivity index (χ1v) is 9.70. The predicted octanol–water partition coefficient (Wildman–Crippen LogP) is 2.02. The predicted molar refractivity (Wildman–Crippen MR) is 98.4 cm³/mol. The minimum Gasteiger partial charge on any atom is -0.472 e. The summed E-state index contributed by atoms with van der Waals surface area (Å²) in [4.78, 5) is 25.4. The van der Waals surface area contributed by atoms with Gasteiger partial charge in [-0.25, -0.2) is 4.98 Å². The fraction of sp³-hybridized carbons (Fsp3) is 0.471. The van der Waals surface area contributed by atoms with Gasteiger partial charge in [-0.15, -0.1) is 0 Å². The number of furan rings is 1. The lowest BCUT2D eigenvalue weighted by Gasteiger charge is -2.34. The smallest absolute Gasteiger partial charge is 0.227 e. The summed E-state index contributed by atoms with van der Waals surface area (Å²) in [5.41, 5.74) is 0.760. The molecule has 3 aromatic heterocycles. The molecule has 0 radical (unpaired) electrons. The first-order valence-electron chi connectivity index (χ1n) is 8.93. The molecule has 0 aromatic carbocycles. The van der Waals surface area contributed by atoms with Crippen molar-refractivity contribution in [2.75, 3.05) is 31.1 Å². The second kappa shape index (κ2) is 7.87. The molecule has 10 heteroatoms. The standard InChI is InChI=1S/C17H20N6O3S/c1-2-13-18-17(27-21-13)23-8-6-22(7-9-23)15(24)4-3-14-19-16(20-26-14)12-5-10-25-11-12/h5,10-11H,2-4,6-9H2,1H3. The van der Waals surface area contributed by atoms with Crippen LogP contribution < -0.4 is 4.90 Å². The van der Waals surface area contributed by atoms with Crippen LogP contribution in [-0.2, 0) is 17.6 Å². The highest BCUT2D eigenvalue weighted by molar-refractivity contribution is 7.09. The van der Waals surface area contributed by atoms with Crippen LogP contribution in [0, 0.1) is 0 Å². The zero-order valence-electron chi connectivity index (χ0n) is 15.0. The van der Waals surface area contributed by atoms with Crippen molar-refractivity contribution in [2.24, 2.45) is 0 Å². The molecule has 4 heterocycles. The topological polar surface area (TPSA) is 101 Å². The average molecular weight is 388 g/mol. The minimum atomic E-state index is 0.101. The van der Waals surface area contributed by atoms with Crippen LogP contribution in [-0.4, -0.2) is 56.5 Å². The average Bonchev–Trinajstić information content (AvgIpc) is 3.47. The fourth-order valence-corrected chi connectivity index (χ4v) is 3.70. The van der Waals surface area contributed by atoms with Gasteiger partial charge in [-0.2, -0.15) is 9.36 Å². The number of rotatable bonds is 6. The van der Waals surface area contributed by atoms with Crippen molar-refractivity contribution in [3.8, 4) is 11.4 Å². The van der Waals surface area contributed by atoms with E-state index < -0.39 is 0 Å². The van der Waals surface area contributed by atoms with Gasteiger partial charge in [0.1, 0.15) is 12.1 Å². The van der Waals surface area contributed by atoms with Crippen LogP contribution in [0.25, 0.3) is 11.4 Å². The third-order valence-corrected chi connectivity index (χ3v) is 5.29. The van der Waals surface area contributed by atoms with Crippen molar-refractivity contribution >= 4 is 22.6 Å². The molecule has 27 heavy (non-hydrogen) atoms. The quantitative estimate of drug-likeness (QED) is 0.632. The molecule has 1 saturated heterocycles. The largest absolute Gasteiger partial charge is 0.472 e. The third-order valence-electron chi connectivity index (χ3n) is 4.48. The lowest BCUT2D eigenvalue weighted by molar-refractivity contribution is -0.131. The van der Waals surface area contributed by atoms with Gasteiger partial charge < -0.3 is 18.7 Å². The van der Waals surface area contributed by atoms with E-state index in [1.54, 1.807) is 18.6 Å². The zero-order chi connectivity index (χ0) is 18.6. The summed E-state index contributed by atoms with van der Waals surface area (Å²) in [6.45, 7) is 4.96. The van der Waals surface area contributed by atoms with Gasteiger partial charge >= 0.3 is 0 Å². The Bertz CT molecular complexity index is 882. The van der Waals surface area contributed by atoms with E-state index in [0.717, 1.165) is 36.0 Å². The highest BCUT2D eigenvalue weighted by Crippen LogP contribution is 2.20. The SMILES string of the molecule is CCc1nsc(N2CCN(C(=O)CCc3nc(-c4ccoc4)no3)CC2)n1. The maximum Gasteiger partial charge on any atom is 0.227 e. The van der Waals surface area contributed by atoms with Crippen LogP contribution in [0.4, 0.5) is 5.13 Å². The Labute approximate surface area is 160 Å². The second-order valence-electron chi connectivity index (χ2n) is 6.24. The fourth-order valence-electron chi connectivity index (χ4n) is 2.90. The Balaban J connectivity index is 1.26. The molecule has 0 N–H and O–H groups in total. The molecule has 1 aliphatic heterocycles. The maximum absolute atomic E-state index is 12.5. The van der Waals surface area contributed by atoms with E-state index in [4.69, 9.17) is 8.94 Å².